The summed E-state index contributed by atoms with van der Waals surface area (Å²) in [5, 5.41) is 11.1. The van der Waals surface area contributed by atoms with Crippen LogP contribution in [0.1, 0.15) is 23.3 Å². The lowest BCUT2D eigenvalue weighted by Gasteiger charge is -2.19. The molecule has 150 valence electrons. The van der Waals surface area contributed by atoms with E-state index in [1.807, 2.05) is 66.7 Å². The molecule has 6 heteroatoms. The Morgan fingerprint density at radius 1 is 0.967 bits per heavy atom. The molecule has 3 aromatic carbocycles. The lowest BCUT2D eigenvalue weighted by molar-refractivity contribution is -0.152. The number of carbonyl (C=O) groups excluding carboxylic acids is 2. The first-order chi connectivity index (χ1) is 14.6. The zero-order valence-corrected chi connectivity index (χ0v) is 17.1. The summed E-state index contributed by atoms with van der Waals surface area (Å²) >= 11 is 1.37. The number of anilines is 1. The number of esters is 1. The third-order valence-electron chi connectivity index (χ3n) is 4.23. The maximum atomic E-state index is 12.9. The third-order valence-corrected chi connectivity index (χ3v) is 5.48. The monoisotopic (exact) mass is 416 g/mol. The number of hydrogen-bond donors (Lipinski definition) is 1. The van der Waals surface area contributed by atoms with Crippen molar-refractivity contribution in [2.45, 2.75) is 23.2 Å². The Hall–Kier alpha value is -3.56. The van der Waals surface area contributed by atoms with Gasteiger partial charge in [-0.2, -0.15) is 5.26 Å². The fraction of sp³-hybridized carbons (Fsp3) is 0.125. The van der Waals surface area contributed by atoms with Crippen molar-refractivity contribution >= 4 is 29.3 Å². The fourth-order valence-corrected chi connectivity index (χ4v) is 3.75. The van der Waals surface area contributed by atoms with E-state index in [0.717, 1.165) is 10.5 Å². The Labute approximate surface area is 179 Å². The summed E-state index contributed by atoms with van der Waals surface area (Å²) < 4.78 is 5.49. The summed E-state index contributed by atoms with van der Waals surface area (Å²) in [4.78, 5) is 26.4. The van der Waals surface area contributed by atoms with E-state index >= 15 is 0 Å². The van der Waals surface area contributed by atoms with Crippen LogP contribution in [0.25, 0.3) is 0 Å². The van der Waals surface area contributed by atoms with Gasteiger partial charge >= 0.3 is 5.97 Å². The third kappa shape index (κ3) is 5.72. The van der Waals surface area contributed by atoms with Crippen LogP contribution in [-0.2, 0) is 14.3 Å². The summed E-state index contributed by atoms with van der Waals surface area (Å²) in [7, 11) is 0. The number of nitrogens with one attached hydrogen (secondary N) is 1. The highest BCUT2D eigenvalue weighted by Gasteiger charge is 2.27. The lowest BCUT2D eigenvalue weighted by atomic mass is 10.1. The maximum Gasteiger partial charge on any atom is 0.324 e. The van der Waals surface area contributed by atoms with Gasteiger partial charge in [0.05, 0.1) is 11.6 Å². The molecule has 0 heterocycles. The highest BCUT2D eigenvalue weighted by Crippen LogP contribution is 2.36. The molecule has 1 amide bonds. The van der Waals surface area contributed by atoms with Crippen molar-refractivity contribution in [2.24, 2.45) is 0 Å². The summed E-state index contributed by atoms with van der Waals surface area (Å²) in [6.07, 6.45) is -0.995. The van der Waals surface area contributed by atoms with Gasteiger partial charge < -0.3 is 10.1 Å². The molecule has 0 aromatic heterocycles. The number of nitrogens with zero attached hydrogens (tertiary/aromatic N) is 1. The van der Waals surface area contributed by atoms with Crippen molar-refractivity contribution in [3.05, 3.63) is 96.1 Å². The Balaban J connectivity index is 1.71. The Morgan fingerprint density at radius 3 is 2.30 bits per heavy atom. The fourth-order valence-electron chi connectivity index (χ4n) is 2.72. The van der Waals surface area contributed by atoms with E-state index in [9.17, 15) is 9.59 Å². The Kier molecular flexibility index (Phi) is 7.25. The molecule has 0 bridgehead atoms. The number of carbonyl (C=O) groups is 2. The summed E-state index contributed by atoms with van der Waals surface area (Å²) in [6.45, 7) is 1.52. The van der Waals surface area contributed by atoms with Gasteiger partial charge in [-0.15, -0.1) is 11.8 Å². The standard InChI is InChI=1S/C24H20N2O3S/c1-17(23(27)26-20-12-8-9-18(15-20)16-25)29-24(28)22(19-10-4-2-5-11-19)30-21-13-6-3-7-14-21/h2-15,17,22H,1H3,(H,26,27)/t17-,22+/m0/s1. The number of thioether (sulfide) groups is 1. The highest BCUT2D eigenvalue weighted by molar-refractivity contribution is 8.00. The van der Waals surface area contributed by atoms with E-state index in [1.165, 1.54) is 18.7 Å². The van der Waals surface area contributed by atoms with Crippen LogP contribution in [0.4, 0.5) is 5.69 Å². The van der Waals surface area contributed by atoms with E-state index in [4.69, 9.17) is 10.00 Å². The molecule has 0 spiro atoms. The van der Waals surface area contributed by atoms with Gasteiger partial charge in [0.15, 0.2) is 6.10 Å². The van der Waals surface area contributed by atoms with Gasteiger partial charge in [-0.05, 0) is 42.8 Å². The van der Waals surface area contributed by atoms with Crippen molar-refractivity contribution in [2.75, 3.05) is 5.32 Å². The second kappa shape index (κ2) is 10.3. The lowest BCUT2D eigenvalue weighted by Crippen LogP contribution is -2.31. The Morgan fingerprint density at radius 2 is 1.63 bits per heavy atom. The van der Waals surface area contributed by atoms with Gasteiger partial charge in [0.1, 0.15) is 5.25 Å². The van der Waals surface area contributed by atoms with E-state index < -0.39 is 23.2 Å². The van der Waals surface area contributed by atoms with Crippen molar-refractivity contribution in [3.8, 4) is 6.07 Å². The maximum absolute atomic E-state index is 12.9. The second-order valence-electron chi connectivity index (χ2n) is 6.48. The summed E-state index contributed by atoms with van der Waals surface area (Å²) in [5.41, 5.74) is 1.70. The number of nitriles is 1. The number of hydrogen-bond acceptors (Lipinski definition) is 5. The molecular formula is C24H20N2O3S. The van der Waals surface area contributed by atoms with E-state index in [0.29, 0.717) is 11.3 Å². The zero-order valence-electron chi connectivity index (χ0n) is 16.3. The van der Waals surface area contributed by atoms with Crippen LogP contribution in [0.2, 0.25) is 0 Å². The SMILES string of the molecule is C[C@H](OC(=O)[C@H](Sc1ccccc1)c1ccccc1)C(=O)Nc1cccc(C#N)c1. The number of amides is 1. The first-order valence-corrected chi connectivity index (χ1v) is 10.2. The molecule has 30 heavy (non-hydrogen) atoms. The molecule has 3 rings (SSSR count). The highest BCUT2D eigenvalue weighted by atomic mass is 32.2. The second-order valence-corrected chi connectivity index (χ2v) is 7.66. The van der Waals surface area contributed by atoms with E-state index in [2.05, 4.69) is 5.32 Å². The summed E-state index contributed by atoms with van der Waals surface area (Å²) in [5.74, 6) is -0.960. The smallest absolute Gasteiger partial charge is 0.324 e. The van der Waals surface area contributed by atoms with E-state index in [-0.39, 0.29) is 0 Å². The minimum Gasteiger partial charge on any atom is -0.451 e. The predicted octanol–water partition coefficient (Wildman–Crippen LogP) is 4.96. The van der Waals surface area contributed by atoms with Crippen LogP contribution >= 0.6 is 11.8 Å². The van der Waals surface area contributed by atoms with E-state index in [1.54, 1.807) is 24.3 Å². The number of rotatable bonds is 7. The summed E-state index contributed by atoms with van der Waals surface area (Å²) in [6, 6.07) is 27.5. The first kappa shape index (κ1) is 21.2. The molecule has 0 fully saturated rings. The van der Waals surface area contributed by atoms with Gasteiger partial charge in [0, 0.05) is 10.6 Å². The molecule has 0 aliphatic rings. The Bertz CT molecular complexity index is 1050. The van der Waals surface area contributed by atoms with Crippen molar-refractivity contribution in [1.82, 2.24) is 0 Å². The van der Waals surface area contributed by atoms with Gasteiger partial charge in [0.25, 0.3) is 5.91 Å². The van der Waals surface area contributed by atoms with Crippen LogP contribution in [0.5, 0.6) is 0 Å². The molecule has 5 nitrogen and oxygen atoms in total. The number of benzene rings is 3. The van der Waals surface area contributed by atoms with Crippen molar-refractivity contribution < 1.29 is 14.3 Å². The average molecular weight is 417 g/mol. The minimum atomic E-state index is -0.995. The molecule has 0 unspecified atom stereocenters. The van der Waals surface area contributed by atoms with Crippen molar-refractivity contribution in [1.29, 1.82) is 5.26 Å². The molecule has 0 radical (unpaired) electrons. The number of ether oxygens (including phenoxy) is 1. The topological polar surface area (TPSA) is 79.2 Å². The van der Waals surface area contributed by atoms with Crippen LogP contribution < -0.4 is 5.32 Å². The largest absolute Gasteiger partial charge is 0.451 e. The molecule has 3 aromatic rings. The normalized spacial score (nSPS) is 12.3. The molecular weight excluding hydrogens is 396 g/mol. The minimum absolute atomic E-state index is 0.431. The van der Waals surface area contributed by atoms with Crippen LogP contribution in [0, 0.1) is 11.3 Å². The quantitative estimate of drug-likeness (QED) is 0.435. The first-order valence-electron chi connectivity index (χ1n) is 9.35. The molecule has 2 atom stereocenters. The molecule has 0 saturated carbocycles. The van der Waals surface area contributed by atoms with Gasteiger partial charge in [-0.25, -0.2) is 0 Å². The van der Waals surface area contributed by atoms with Crippen LogP contribution in [0.15, 0.2) is 89.8 Å². The molecule has 0 aliphatic carbocycles. The average Bonchev–Trinajstić information content (AvgIpc) is 2.78. The van der Waals surface area contributed by atoms with Crippen molar-refractivity contribution in [3.63, 3.8) is 0 Å². The zero-order chi connectivity index (χ0) is 21.3. The van der Waals surface area contributed by atoms with Gasteiger partial charge in [0.2, 0.25) is 0 Å². The van der Waals surface area contributed by atoms with Crippen LogP contribution in [-0.4, -0.2) is 18.0 Å². The van der Waals surface area contributed by atoms with Gasteiger partial charge in [-0.3, -0.25) is 9.59 Å². The molecule has 0 aliphatic heterocycles. The van der Waals surface area contributed by atoms with Crippen LogP contribution in [0.3, 0.4) is 0 Å². The van der Waals surface area contributed by atoms with Gasteiger partial charge in [-0.1, -0.05) is 54.6 Å². The predicted molar refractivity (Wildman–Crippen MR) is 117 cm³/mol. The molecule has 1 N–H and O–H groups in total. The molecule has 0 saturated heterocycles.